The van der Waals surface area contributed by atoms with Crippen molar-refractivity contribution >= 4 is 24.2 Å². The second-order valence-corrected chi connectivity index (χ2v) is 7.96. The third kappa shape index (κ3) is 13.6. The lowest BCUT2D eigenvalue weighted by atomic mass is 10.1. The lowest BCUT2D eigenvalue weighted by Crippen LogP contribution is -2.22. The van der Waals surface area contributed by atoms with E-state index in [2.05, 4.69) is 0 Å². The van der Waals surface area contributed by atoms with Gasteiger partial charge in [-0.2, -0.15) is 0 Å². The molecular weight excluding hydrogens is 484 g/mol. The molecule has 0 bridgehead atoms. The summed E-state index contributed by atoms with van der Waals surface area (Å²) < 4.78 is 29.8. The van der Waals surface area contributed by atoms with Gasteiger partial charge in [0.1, 0.15) is 13.2 Å². The van der Waals surface area contributed by atoms with Crippen molar-refractivity contribution in [3.63, 3.8) is 0 Å². The van der Waals surface area contributed by atoms with Gasteiger partial charge in [0.2, 0.25) is 12.6 Å². The zero-order chi connectivity index (χ0) is 26.9. The maximum Gasteiger partial charge on any atom is 0.511 e. The van der Waals surface area contributed by atoms with E-state index >= 15 is 0 Å². The van der Waals surface area contributed by atoms with Crippen molar-refractivity contribution in [3.8, 4) is 0 Å². The number of carbonyl (C=O) groups is 4. The Labute approximate surface area is 215 Å². The number of unbranched alkanes of at least 4 members (excludes halogenated alkanes) is 2. The van der Waals surface area contributed by atoms with Crippen LogP contribution in [0.15, 0.2) is 60.7 Å². The summed E-state index contributed by atoms with van der Waals surface area (Å²) in [5, 5.41) is 0. The fourth-order valence-corrected chi connectivity index (χ4v) is 3.02. The van der Waals surface area contributed by atoms with E-state index in [1.54, 1.807) is 24.3 Å². The maximum atomic E-state index is 11.9. The van der Waals surface area contributed by atoms with Gasteiger partial charge in [0, 0.05) is 26.7 Å². The molecule has 2 aromatic carbocycles. The molecule has 2 rings (SSSR count). The van der Waals surface area contributed by atoms with Gasteiger partial charge in [-0.25, -0.2) is 9.59 Å². The molecule has 2 atom stereocenters. The Morgan fingerprint density at radius 3 is 1.32 bits per heavy atom. The van der Waals surface area contributed by atoms with E-state index in [9.17, 15) is 19.2 Å². The van der Waals surface area contributed by atoms with Crippen LogP contribution in [0.1, 0.15) is 57.1 Å². The van der Waals surface area contributed by atoms with Gasteiger partial charge in [-0.3, -0.25) is 9.59 Å². The zero-order valence-corrected chi connectivity index (χ0v) is 21.0. The number of hydrogen-bond donors (Lipinski definition) is 0. The van der Waals surface area contributed by atoms with Crippen LogP contribution < -0.4 is 0 Å². The standard InChI is InChI=1S/C27H32O10/c1-20(36-26(30)32-18-22-12-6-3-7-13-22)34-24(28)16-10-5-11-17-25(29)35-21(2)37-27(31)33-19-23-14-8-4-9-15-23/h3-4,6-9,12-15,20-21H,5,10-11,16-19H2,1-2H3. The number of carbonyl (C=O) groups excluding carboxylic acids is 4. The Balaban J connectivity index is 1.48. The van der Waals surface area contributed by atoms with E-state index in [4.69, 9.17) is 28.4 Å². The molecule has 2 aromatic rings. The van der Waals surface area contributed by atoms with Gasteiger partial charge in [-0.15, -0.1) is 0 Å². The second kappa shape index (κ2) is 16.6. The first-order valence-corrected chi connectivity index (χ1v) is 12.0. The number of ether oxygens (including phenoxy) is 6. The summed E-state index contributed by atoms with van der Waals surface area (Å²) in [6, 6.07) is 18.2. The minimum atomic E-state index is -1.09. The summed E-state index contributed by atoms with van der Waals surface area (Å²) in [5.74, 6) is -1.08. The highest BCUT2D eigenvalue weighted by atomic mass is 16.8. The molecule has 2 unspecified atom stereocenters. The highest BCUT2D eigenvalue weighted by Gasteiger charge is 2.17. The highest BCUT2D eigenvalue weighted by Crippen LogP contribution is 2.10. The number of hydrogen-bond acceptors (Lipinski definition) is 10. The third-order valence-corrected chi connectivity index (χ3v) is 4.78. The SMILES string of the molecule is CC(OC(=O)CCCCCC(=O)OC(C)OC(=O)OCc1ccccc1)OC(=O)OCc1ccccc1. The Hall–Kier alpha value is -4.08. The van der Waals surface area contributed by atoms with Crippen molar-refractivity contribution in [2.45, 2.75) is 71.7 Å². The van der Waals surface area contributed by atoms with Crippen molar-refractivity contribution in [1.82, 2.24) is 0 Å². The Kier molecular flexibility index (Phi) is 13.1. The topological polar surface area (TPSA) is 124 Å². The molecule has 0 saturated heterocycles. The fourth-order valence-electron chi connectivity index (χ4n) is 3.02. The largest absolute Gasteiger partial charge is 0.511 e. The average Bonchev–Trinajstić information content (AvgIpc) is 2.87. The summed E-state index contributed by atoms with van der Waals surface area (Å²) in [6.45, 7) is 2.93. The second-order valence-electron chi connectivity index (χ2n) is 7.96. The molecule has 0 aliphatic rings. The summed E-state index contributed by atoms with van der Waals surface area (Å²) in [4.78, 5) is 47.2. The minimum Gasteiger partial charge on any atom is -0.429 e. The highest BCUT2D eigenvalue weighted by molar-refractivity contribution is 5.70. The normalized spacial score (nSPS) is 11.9. The Morgan fingerprint density at radius 2 is 0.946 bits per heavy atom. The average molecular weight is 517 g/mol. The van der Waals surface area contributed by atoms with Gasteiger partial charge < -0.3 is 28.4 Å². The lowest BCUT2D eigenvalue weighted by molar-refractivity contribution is -0.169. The van der Waals surface area contributed by atoms with Crippen LogP contribution in [0.2, 0.25) is 0 Å². The molecule has 0 N–H and O–H groups in total. The Bertz CT molecular complexity index is 898. The Morgan fingerprint density at radius 1 is 0.568 bits per heavy atom. The first-order valence-electron chi connectivity index (χ1n) is 12.0. The summed E-state index contributed by atoms with van der Waals surface area (Å²) >= 11 is 0. The summed E-state index contributed by atoms with van der Waals surface area (Å²) in [6.07, 6.45) is -2.38. The number of rotatable bonds is 14. The summed E-state index contributed by atoms with van der Waals surface area (Å²) in [7, 11) is 0. The molecule has 0 fully saturated rings. The fraction of sp³-hybridized carbons (Fsp3) is 0.407. The van der Waals surface area contributed by atoms with Crippen LogP contribution in [0.3, 0.4) is 0 Å². The van der Waals surface area contributed by atoms with Crippen LogP contribution in [0.4, 0.5) is 9.59 Å². The molecule has 200 valence electrons. The van der Waals surface area contributed by atoms with E-state index in [0.717, 1.165) is 11.1 Å². The first-order chi connectivity index (χ1) is 17.8. The van der Waals surface area contributed by atoms with E-state index in [-0.39, 0.29) is 26.1 Å². The van der Waals surface area contributed by atoms with E-state index in [1.165, 1.54) is 13.8 Å². The predicted molar refractivity (Wildman–Crippen MR) is 130 cm³/mol. The van der Waals surface area contributed by atoms with Gasteiger partial charge in [0.25, 0.3) is 0 Å². The van der Waals surface area contributed by atoms with Crippen molar-refractivity contribution < 1.29 is 47.6 Å². The van der Waals surface area contributed by atoms with Crippen molar-refractivity contribution in [1.29, 1.82) is 0 Å². The molecular formula is C27H32O10. The quantitative estimate of drug-likeness (QED) is 0.139. The molecule has 0 radical (unpaired) electrons. The molecule has 10 heteroatoms. The van der Waals surface area contributed by atoms with Crippen LogP contribution in [0, 0.1) is 0 Å². The van der Waals surface area contributed by atoms with Gasteiger partial charge in [0.05, 0.1) is 0 Å². The van der Waals surface area contributed by atoms with Crippen LogP contribution in [-0.4, -0.2) is 36.8 Å². The predicted octanol–water partition coefficient (Wildman–Crippen LogP) is 5.42. The molecule has 0 heterocycles. The van der Waals surface area contributed by atoms with Crippen LogP contribution >= 0.6 is 0 Å². The maximum absolute atomic E-state index is 11.9. The van der Waals surface area contributed by atoms with Crippen molar-refractivity contribution in [2.75, 3.05) is 0 Å². The third-order valence-electron chi connectivity index (χ3n) is 4.78. The van der Waals surface area contributed by atoms with Crippen LogP contribution in [0.25, 0.3) is 0 Å². The van der Waals surface area contributed by atoms with Gasteiger partial charge >= 0.3 is 24.2 Å². The van der Waals surface area contributed by atoms with Gasteiger partial charge in [-0.05, 0) is 24.0 Å². The van der Waals surface area contributed by atoms with Crippen LogP contribution in [0.5, 0.6) is 0 Å². The minimum absolute atomic E-state index is 0.0476. The molecule has 0 aliphatic carbocycles. The number of benzene rings is 2. The van der Waals surface area contributed by atoms with Gasteiger partial charge in [-0.1, -0.05) is 67.1 Å². The van der Waals surface area contributed by atoms with E-state index in [0.29, 0.717) is 19.3 Å². The first kappa shape index (κ1) is 29.2. The molecule has 0 aromatic heterocycles. The van der Waals surface area contributed by atoms with Crippen molar-refractivity contribution in [3.05, 3.63) is 71.8 Å². The number of esters is 2. The lowest BCUT2D eigenvalue weighted by Gasteiger charge is -2.14. The smallest absolute Gasteiger partial charge is 0.429 e. The van der Waals surface area contributed by atoms with E-state index in [1.807, 2.05) is 36.4 Å². The molecule has 0 amide bonds. The summed E-state index contributed by atoms with van der Waals surface area (Å²) in [5.41, 5.74) is 1.60. The molecule has 10 nitrogen and oxygen atoms in total. The molecule has 0 saturated carbocycles. The van der Waals surface area contributed by atoms with E-state index < -0.39 is 36.8 Å². The van der Waals surface area contributed by atoms with Gasteiger partial charge in [0.15, 0.2) is 0 Å². The molecule has 37 heavy (non-hydrogen) atoms. The molecule has 0 spiro atoms. The monoisotopic (exact) mass is 516 g/mol. The zero-order valence-electron chi connectivity index (χ0n) is 21.0. The van der Waals surface area contributed by atoms with Crippen LogP contribution in [-0.2, 0) is 51.2 Å². The van der Waals surface area contributed by atoms with Crippen molar-refractivity contribution in [2.24, 2.45) is 0 Å². The molecule has 0 aliphatic heterocycles.